The quantitative estimate of drug-likeness (QED) is 0.253. The van der Waals surface area contributed by atoms with Crippen LogP contribution >= 0.6 is 11.6 Å². The molecule has 1 aliphatic heterocycles. The van der Waals surface area contributed by atoms with E-state index in [1.54, 1.807) is 26.3 Å². The van der Waals surface area contributed by atoms with Crippen LogP contribution in [0.3, 0.4) is 0 Å². The molecule has 2 aromatic rings. The van der Waals surface area contributed by atoms with E-state index in [-0.39, 0.29) is 17.6 Å². The van der Waals surface area contributed by atoms with Gasteiger partial charge in [0.25, 0.3) is 0 Å². The molecule has 0 atom stereocenters. The van der Waals surface area contributed by atoms with Crippen LogP contribution in [0.15, 0.2) is 90.2 Å². The standard InChI is InChI=1S/C32H39ClN6O2/c1-5-22(10-9-20(2)24-17-39(18-24)19-26-14-13-25(33)16-36-26)27-7-6-8-28(31(27)41-4)37-29(21(3)34)15-30(35)38-32(40)23-11-12-23/h5-10,13-16,23-24,37H,1,11-12,17-19,34-35H2,2-4H3,(H,38,40)/b20-9+,22-10+,29-21+,30-15+. The molecule has 4 rings (SSSR count). The molecule has 2 aliphatic rings. The van der Waals surface area contributed by atoms with Gasteiger partial charge in [0.15, 0.2) is 0 Å². The number of ether oxygens (including phenoxy) is 1. The average molecular weight is 575 g/mol. The summed E-state index contributed by atoms with van der Waals surface area (Å²) < 4.78 is 5.84. The Hall–Kier alpha value is -4.01. The SMILES string of the molecule is C=C/C(=C\C=C(/C)C1CN(Cc2ccc(Cl)cn2)C1)c1cccc(NC(/C=C(\N)NC(=O)C2CC2)=C(\C)N)c1OC. The summed E-state index contributed by atoms with van der Waals surface area (Å²) in [7, 11) is 1.63. The number of methoxy groups -OCH3 is 1. The summed E-state index contributed by atoms with van der Waals surface area (Å²) in [6.45, 7) is 10.8. The number of rotatable bonds is 12. The zero-order valence-corrected chi connectivity index (χ0v) is 24.7. The molecule has 9 heteroatoms. The number of allylic oxidation sites excluding steroid dienone is 6. The van der Waals surface area contributed by atoms with E-state index in [1.807, 2.05) is 36.4 Å². The fourth-order valence-corrected chi connectivity index (χ4v) is 4.71. The van der Waals surface area contributed by atoms with Gasteiger partial charge in [-0.15, -0.1) is 0 Å². The predicted octanol–water partition coefficient (Wildman–Crippen LogP) is 5.32. The van der Waals surface area contributed by atoms with Crippen LogP contribution in [0.1, 0.15) is 37.9 Å². The highest BCUT2D eigenvalue weighted by molar-refractivity contribution is 6.30. The summed E-state index contributed by atoms with van der Waals surface area (Å²) in [5.41, 5.74) is 18.2. The van der Waals surface area contributed by atoms with E-state index in [0.29, 0.717) is 33.8 Å². The van der Waals surface area contributed by atoms with Gasteiger partial charge in [-0.1, -0.05) is 54.1 Å². The number of pyridine rings is 1. The van der Waals surface area contributed by atoms with Crippen molar-refractivity contribution in [2.75, 3.05) is 25.5 Å². The second-order valence-corrected chi connectivity index (χ2v) is 11.0. The third kappa shape index (κ3) is 8.02. The number of likely N-dealkylation sites (tertiary alicyclic amines) is 1. The largest absolute Gasteiger partial charge is 0.494 e. The summed E-state index contributed by atoms with van der Waals surface area (Å²) >= 11 is 5.95. The van der Waals surface area contributed by atoms with E-state index in [1.165, 1.54) is 5.57 Å². The molecule has 0 radical (unpaired) electrons. The fraction of sp³-hybridized carbons (Fsp3) is 0.312. The molecule has 1 amide bonds. The number of halogens is 1. The third-order valence-electron chi connectivity index (χ3n) is 7.26. The van der Waals surface area contributed by atoms with Crippen molar-refractivity contribution >= 4 is 28.8 Å². The zero-order valence-electron chi connectivity index (χ0n) is 23.9. The number of nitrogens with two attached hydrogens (primary N) is 2. The lowest BCUT2D eigenvalue weighted by molar-refractivity contribution is -0.121. The normalized spacial score (nSPS) is 17.4. The molecule has 0 unspecified atom stereocenters. The van der Waals surface area contributed by atoms with Crippen LogP contribution in [0, 0.1) is 11.8 Å². The molecular weight excluding hydrogens is 536 g/mol. The molecule has 216 valence electrons. The Bertz CT molecular complexity index is 1400. The Morgan fingerprint density at radius 2 is 1.93 bits per heavy atom. The lowest BCUT2D eigenvalue weighted by Crippen LogP contribution is -2.46. The number of aromatic nitrogens is 1. The Labute approximate surface area is 247 Å². The van der Waals surface area contributed by atoms with Crippen molar-refractivity contribution in [1.29, 1.82) is 0 Å². The van der Waals surface area contributed by atoms with E-state index in [9.17, 15) is 4.79 Å². The molecule has 1 saturated heterocycles. The highest BCUT2D eigenvalue weighted by Crippen LogP contribution is 2.36. The van der Waals surface area contributed by atoms with Gasteiger partial charge in [0.1, 0.15) is 11.6 Å². The molecule has 0 bridgehead atoms. The van der Waals surface area contributed by atoms with Crippen molar-refractivity contribution in [3.05, 3.63) is 106 Å². The molecule has 1 saturated carbocycles. The average Bonchev–Trinajstić information content (AvgIpc) is 3.77. The van der Waals surface area contributed by atoms with Crippen LogP contribution in [-0.4, -0.2) is 36.0 Å². The summed E-state index contributed by atoms with van der Waals surface area (Å²) in [5, 5.41) is 6.72. The van der Waals surface area contributed by atoms with Crippen molar-refractivity contribution in [2.45, 2.75) is 33.2 Å². The molecule has 2 fully saturated rings. The van der Waals surface area contributed by atoms with Gasteiger partial charge < -0.3 is 26.8 Å². The van der Waals surface area contributed by atoms with Crippen molar-refractivity contribution in [3.63, 3.8) is 0 Å². The van der Waals surface area contributed by atoms with Crippen molar-refractivity contribution < 1.29 is 9.53 Å². The third-order valence-corrected chi connectivity index (χ3v) is 7.48. The van der Waals surface area contributed by atoms with Crippen molar-refractivity contribution in [2.24, 2.45) is 23.3 Å². The number of hydrogen-bond donors (Lipinski definition) is 4. The van der Waals surface area contributed by atoms with Crippen LogP contribution in [0.4, 0.5) is 5.69 Å². The minimum Gasteiger partial charge on any atom is -0.494 e. The molecule has 1 aromatic carbocycles. The number of benzene rings is 1. The van der Waals surface area contributed by atoms with Crippen LogP contribution in [0.5, 0.6) is 5.75 Å². The second-order valence-electron chi connectivity index (χ2n) is 10.6. The van der Waals surface area contributed by atoms with E-state index < -0.39 is 0 Å². The number of anilines is 1. The van der Waals surface area contributed by atoms with E-state index in [4.69, 9.17) is 27.8 Å². The van der Waals surface area contributed by atoms with Gasteiger partial charge in [-0.3, -0.25) is 14.7 Å². The number of para-hydroxylation sites is 1. The molecular formula is C32H39ClN6O2. The molecule has 0 spiro atoms. The zero-order chi connectivity index (χ0) is 29.5. The first-order valence-electron chi connectivity index (χ1n) is 13.7. The van der Waals surface area contributed by atoms with Gasteiger partial charge in [0.05, 0.1) is 29.2 Å². The number of nitrogens with one attached hydrogen (secondary N) is 2. The minimum absolute atomic E-state index is 0.0507. The lowest BCUT2D eigenvalue weighted by Gasteiger charge is -2.39. The van der Waals surface area contributed by atoms with Crippen LogP contribution < -0.4 is 26.8 Å². The molecule has 1 aliphatic carbocycles. The molecule has 41 heavy (non-hydrogen) atoms. The van der Waals surface area contributed by atoms with Crippen molar-refractivity contribution in [1.82, 2.24) is 15.2 Å². The highest BCUT2D eigenvalue weighted by Gasteiger charge is 2.30. The monoisotopic (exact) mass is 574 g/mol. The number of hydrogen-bond acceptors (Lipinski definition) is 7. The first-order chi connectivity index (χ1) is 19.7. The molecule has 6 N–H and O–H groups in total. The molecule has 8 nitrogen and oxygen atoms in total. The molecule has 2 heterocycles. The van der Waals surface area contributed by atoms with Gasteiger partial charge in [-0.2, -0.15) is 0 Å². The van der Waals surface area contributed by atoms with Crippen LogP contribution in [0.25, 0.3) is 5.57 Å². The van der Waals surface area contributed by atoms with E-state index in [0.717, 1.165) is 49.3 Å². The van der Waals surface area contributed by atoms with Gasteiger partial charge in [-0.25, -0.2) is 0 Å². The number of carbonyl (C=O) groups is 1. The highest BCUT2D eigenvalue weighted by atomic mass is 35.5. The van der Waals surface area contributed by atoms with Gasteiger partial charge >= 0.3 is 0 Å². The van der Waals surface area contributed by atoms with Crippen molar-refractivity contribution in [3.8, 4) is 5.75 Å². The number of nitrogens with zero attached hydrogens (tertiary/aromatic N) is 2. The van der Waals surface area contributed by atoms with Crippen LogP contribution in [-0.2, 0) is 11.3 Å². The maximum Gasteiger partial charge on any atom is 0.228 e. The smallest absolute Gasteiger partial charge is 0.228 e. The Kier molecular flexibility index (Phi) is 9.91. The maximum absolute atomic E-state index is 12.1. The Balaban J connectivity index is 1.46. The second kappa shape index (κ2) is 13.6. The Morgan fingerprint density at radius 3 is 2.54 bits per heavy atom. The summed E-state index contributed by atoms with van der Waals surface area (Å²) in [5.74, 6) is 1.34. The van der Waals surface area contributed by atoms with E-state index in [2.05, 4.69) is 46.2 Å². The fourth-order valence-electron chi connectivity index (χ4n) is 4.60. The number of carbonyl (C=O) groups excluding carboxylic acids is 1. The first-order valence-corrected chi connectivity index (χ1v) is 14.1. The molecule has 1 aromatic heterocycles. The van der Waals surface area contributed by atoms with E-state index >= 15 is 0 Å². The van der Waals surface area contributed by atoms with Gasteiger partial charge in [0, 0.05) is 55.0 Å². The van der Waals surface area contributed by atoms with Crippen LogP contribution in [0.2, 0.25) is 5.02 Å². The van der Waals surface area contributed by atoms with Gasteiger partial charge in [-0.05, 0) is 50.5 Å². The Morgan fingerprint density at radius 1 is 1.17 bits per heavy atom. The summed E-state index contributed by atoms with van der Waals surface area (Å²) in [6.07, 6.45) is 11.2. The summed E-state index contributed by atoms with van der Waals surface area (Å²) in [6, 6.07) is 9.68. The number of amides is 1. The predicted molar refractivity (Wildman–Crippen MR) is 167 cm³/mol. The topological polar surface area (TPSA) is 119 Å². The summed E-state index contributed by atoms with van der Waals surface area (Å²) in [4.78, 5) is 18.9. The lowest BCUT2D eigenvalue weighted by atomic mass is 9.91. The van der Waals surface area contributed by atoms with Gasteiger partial charge in [0.2, 0.25) is 5.91 Å². The minimum atomic E-state index is -0.0652. The first kappa shape index (κ1) is 30.0. The maximum atomic E-state index is 12.1.